The number of hydrogen-bond donors (Lipinski definition) is 0. The molecule has 0 heterocycles. The standard InChI is InChI=1S/C26H46O4/c1-4-5-6-7-8-9-10-13-16-19-22-29-25(27)20-17-14-11-12-15-18-21-26(28)30-23-24(2)3/h24H,4,7-23H2,1-3H3. The van der Waals surface area contributed by atoms with Gasteiger partial charge in [-0.1, -0.05) is 72.1 Å². The summed E-state index contributed by atoms with van der Waals surface area (Å²) < 4.78 is 10.5. The Bertz CT molecular complexity index is 473. The van der Waals surface area contributed by atoms with Crippen LogP contribution in [-0.4, -0.2) is 25.2 Å². The summed E-state index contributed by atoms with van der Waals surface area (Å²) in [7, 11) is 0. The highest BCUT2D eigenvalue weighted by Crippen LogP contribution is 2.11. The summed E-state index contributed by atoms with van der Waals surface area (Å²) in [4.78, 5) is 23.2. The molecule has 0 aliphatic heterocycles. The van der Waals surface area contributed by atoms with Gasteiger partial charge in [0.15, 0.2) is 0 Å². The van der Waals surface area contributed by atoms with E-state index in [9.17, 15) is 9.59 Å². The Morgan fingerprint density at radius 1 is 0.667 bits per heavy atom. The van der Waals surface area contributed by atoms with Crippen LogP contribution in [-0.2, 0) is 19.1 Å². The molecule has 4 nitrogen and oxygen atoms in total. The van der Waals surface area contributed by atoms with E-state index >= 15 is 0 Å². The molecule has 0 fully saturated rings. The molecule has 30 heavy (non-hydrogen) atoms. The Morgan fingerprint density at radius 2 is 1.17 bits per heavy atom. The highest BCUT2D eigenvalue weighted by Gasteiger charge is 2.05. The van der Waals surface area contributed by atoms with Crippen LogP contribution < -0.4 is 0 Å². The smallest absolute Gasteiger partial charge is 0.305 e. The molecule has 0 amide bonds. The summed E-state index contributed by atoms with van der Waals surface area (Å²) >= 11 is 0. The molecule has 0 aliphatic rings. The Hall–Kier alpha value is -1.50. The van der Waals surface area contributed by atoms with Gasteiger partial charge in [0.1, 0.15) is 0 Å². The van der Waals surface area contributed by atoms with Gasteiger partial charge in [0.05, 0.1) is 13.2 Å². The van der Waals surface area contributed by atoms with Crippen molar-refractivity contribution in [3.63, 3.8) is 0 Å². The highest BCUT2D eigenvalue weighted by molar-refractivity contribution is 5.69. The molecule has 0 unspecified atom stereocenters. The molecule has 0 aromatic carbocycles. The van der Waals surface area contributed by atoms with Gasteiger partial charge in [-0.2, -0.15) is 0 Å². The van der Waals surface area contributed by atoms with Crippen LogP contribution in [0, 0.1) is 17.8 Å². The molecule has 0 radical (unpaired) electrons. The third-order valence-corrected chi connectivity index (χ3v) is 4.85. The van der Waals surface area contributed by atoms with Crippen molar-refractivity contribution in [3.8, 4) is 11.8 Å². The van der Waals surface area contributed by atoms with Gasteiger partial charge in [-0.3, -0.25) is 9.59 Å². The summed E-state index contributed by atoms with van der Waals surface area (Å²) in [6.45, 7) is 7.24. The minimum Gasteiger partial charge on any atom is -0.466 e. The molecular formula is C26H46O4. The monoisotopic (exact) mass is 422 g/mol. The number of rotatable bonds is 19. The summed E-state index contributed by atoms with van der Waals surface area (Å²) in [5.74, 6) is 6.54. The van der Waals surface area contributed by atoms with Gasteiger partial charge >= 0.3 is 11.9 Å². The van der Waals surface area contributed by atoms with E-state index in [2.05, 4.69) is 18.8 Å². The van der Waals surface area contributed by atoms with Gasteiger partial charge in [0.2, 0.25) is 0 Å². The fourth-order valence-corrected chi connectivity index (χ4v) is 3.07. The third kappa shape index (κ3) is 22.8. The molecular weight excluding hydrogens is 376 g/mol. The number of carbonyl (C=O) groups excluding carboxylic acids is 2. The lowest BCUT2D eigenvalue weighted by Gasteiger charge is -2.07. The first-order chi connectivity index (χ1) is 14.6. The lowest BCUT2D eigenvalue weighted by atomic mass is 10.1. The van der Waals surface area contributed by atoms with Crippen molar-refractivity contribution in [2.75, 3.05) is 13.2 Å². The number of unbranched alkanes of at least 4 members (excludes halogenated alkanes) is 11. The Balaban J connectivity index is 3.28. The largest absolute Gasteiger partial charge is 0.466 e. The van der Waals surface area contributed by atoms with Crippen LogP contribution in [0.1, 0.15) is 124 Å². The molecule has 4 heteroatoms. The van der Waals surface area contributed by atoms with E-state index in [1.807, 2.05) is 13.8 Å². The SMILES string of the molecule is CCC#CCCCCCCCCOC(=O)CCCCCCCCC(=O)OCC(C)C. The summed E-state index contributed by atoms with van der Waals surface area (Å²) in [5.41, 5.74) is 0. The number of esters is 2. The van der Waals surface area contributed by atoms with Crippen molar-refractivity contribution in [2.24, 2.45) is 5.92 Å². The van der Waals surface area contributed by atoms with Crippen LogP contribution >= 0.6 is 0 Å². The van der Waals surface area contributed by atoms with Crippen molar-refractivity contribution < 1.29 is 19.1 Å². The highest BCUT2D eigenvalue weighted by atomic mass is 16.5. The molecule has 0 N–H and O–H groups in total. The second-order valence-electron chi connectivity index (χ2n) is 8.50. The number of hydrogen-bond acceptors (Lipinski definition) is 4. The summed E-state index contributed by atoms with van der Waals surface area (Å²) in [6, 6.07) is 0. The van der Waals surface area contributed by atoms with Crippen LogP contribution in [0.5, 0.6) is 0 Å². The van der Waals surface area contributed by atoms with E-state index in [-0.39, 0.29) is 11.9 Å². The molecule has 0 aliphatic carbocycles. The fraction of sp³-hybridized carbons (Fsp3) is 0.846. The average Bonchev–Trinajstić information content (AvgIpc) is 2.72. The Morgan fingerprint density at radius 3 is 1.73 bits per heavy atom. The number of ether oxygens (including phenoxy) is 2. The average molecular weight is 423 g/mol. The van der Waals surface area contributed by atoms with Crippen molar-refractivity contribution in [1.82, 2.24) is 0 Å². The predicted molar refractivity (Wildman–Crippen MR) is 124 cm³/mol. The zero-order chi connectivity index (χ0) is 22.3. The predicted octanol–water partition coefficient (Wildman–Crippen LogP) is 6.99. The van der Waals surface area contributed by atoms with Gasteiger partial charge in [-0.15, -0.1) is 11.8 Å². The quantitative estimate of drug-likeness (QED) is 0.128. The second-order valence-corrected chi connectivity index (χ2v) is 8.50. The van der Waals surface area contributed by atoms with Crippen LogP contribution in [0.15, 0.2) is 0 Å². The molecule has 0 rings (SSSR count). The molecule has 0 saturated heterocycles. The first kappa shape index (κ1) is 28.5. The molecule has 0 aromatic rings. The van der Waals surface area contributed by atoms with Crippen molar-refractivity contribution in [1.29, 1.82) is 0 Å². The first-order valence-electron chi connectivity index (χ1n) is 12.3. The van der Waals surface area contributed by atoms with Crippen molar-refractivity contribution in [2.45, 2.75) is 124 Å². The van der Waals surface area contributed by atoms with E-state index in [1.165, 1.54) is 25.7 Å². The van der Waals surface area contributed by atoms with Crippen molar-refractivity contribution >= 4 is 11.9 Å². The molecule has 0 bridgehead atoms. The normalized spacial score (nSPS) is 10.5. The van der Waals surface area contributed by atoms with E-state index in [0.717, 1.165) is 64.2 Å². The zero-order valence-electron chi connectivity index (χ0n) is 19.9. The third-order valence-electron chi connectivity index (χ3n) is 4.85. The molecule has 174 valence electrons. The minimum atomic E-state index is -0.0799. The van der Waals surface area contributed by atoms with E-state index in [1.54, 1.807) is 0 Å². The van der Waals surface area contributed by atoms with Crippen molar-refractivity contribution in [3.05, 3.63) is 0 Å². The summed E-state index contributed by atoms with van der Waals surface area (Å²) in [6.07, 6.45) is 16.2. The second kappa shape index (κ2) is 22.2. The van der Waals surface area contributed by atoms with Crippen LogP contribution in [0.2, 0.25) is 0 Å². The van der Waals surface area contributed by atoms with Crippen LogP contribution in [0.4, 0.5) is 0 Å². The Labute approximate surface area is 185 Å². The number of carbonyl (C=O) groups is 2. The lowest BCUT2D eigenvalue weighted by molar-refractivity contribution is -0.145. The molecule has 0 atom stereocenters. The van der Waals surface area contributed by atoms with Crippen LogP contribution in [0.3, 0.4) is 0 Å². The lowest BCUT2D eigenvalue weighted by Crippen LogP contribution is -2.09. The van der Waals surface area contributed by atoms with Gasteiger partial charge in [-0.05, 0) is 31.6 Å². The maximum atomic E-state index is 11.7. The topological polar surface area (TPSA) is 52.6 Å². The molecule has 0 aromatic heterocycles. The maximum absolute atomic E-state index is 11.7. The minimum absolute atomic E-state index is 0.0580. The van der Waals surface area contributed by atoms with E-state index < -0.39 is 0 Å². The van der Waals surface area contributed by atoms with Crippen LogP contribution in [0.25, 0.3) is 0 Å². The zero-order valence-corrected chi connectivity index (χ0v) is 19.9. The fourth-order valence-electron chi connectivity index (χ4n) is 3.07. The van der Waals surface area contributed by atoms with Gasteiger partial charge in [0.25, 0.3) is 0 Å². The van der Waals surface area contributed by atoms with E-state index in [4.69, 9.17) is 9.47 Å². The van der Waals surface area contributed by atoms with Gasteiger partial charge in [0, 0.05) is 25.7 Å². The van der Waals surface area contributed by atoms with Gasteiger partial charge in [-0.25, -0.2) is 0 Å². The molecule has 0 spiro atoms. The van der Waals surface area contributed by atoms with E-state index in [0.29, 0.717) is 32.0 Å². The molecule has 0 saturated carbocycles. The Kier molecular flexibility index (Phi) is 21.1. The van der Waals surface area contributed by atoms with Gasteiger partial charge < -0.3 is 9.47 Å². The summed E-state index contributed by atoms with van der Waals surface area (Å²) in [5, 5.41) is 0. The first-order valence-corrected chi connectivity index (χ1v) is 12.3. The maximum Gasteiger partial charge on any atom is 0.305 e.